The van der Waals surface area contributed by atoms with E-state index in [1.165, 1.54) is 12.1 Å². The van der Waals surface area contributed by atoms with Crippen molar-refractivity contribution in [3.63, 3.8) is 0 Å². The van der Waals surface area contributed by atoms with E-state index in [2.05, 4.69) is 15.5 Å². The summed E-state index contributed by atoms with van der Waals surface area (Å²) < 4.78 is 19.0. The maximum Gasteiger partial charge on any atom is 0.321 e. The number of nitrogens with zero attached hydrogens (tertiary/aromatic N) is 4. The third kappa shape index (κ3) is 3.93. The Balaban J connectivity index is 1.31. The first kappa shape index (κ1) is 20.2. The van der Waals surface area contributed by atoms with Crippen molar-refractivity contribution < 1.29 is 18.5 Å². The minimum absolute atomic E-state index is 0.0879. The van der Waals surface area contributed by atoms with Crippen molar-refractivity contribution >= 4 is 17.6 Å². The number of carbonyl (C=O) groups is 2. The third-order valence-electron chi connectivity index (χ3n) is 5.84. The molecule has 9 heteroatoms. The van der Waals surface area contributed by atoms with Gasteiger partial charge in [-0.1, -0.05) is 23.4 Å². The molecule has 3 aromatic rings. The first-order valence-electron chi connectivity index (χ1n) is 10.6. The van der Waals surface area contributed by atoms with Crippen LogP contribution in [0.15, 0.2) is 53.1 Å². The van der Waals surface area contributed by atoms with Crippen LogP contribution >= 0.6 is 0 Å². The van der Waals surface area contributed by atoms with Gasteiger partial charge >= 0.3 is 6.03 Å². The van der Waals surface area contributed by atoms with Gasteiger partial charge in [-0.05, 0) is 43.2 Å². The van der Waals surface area contributed by atoms with E-state index >= 15 is 0 Å². The highest BCUT2D eigenvalue weighted by Gasteiger charge is 2.30. The number of rotatable bonds is 4. The van der Waals surface area contributed by atoms with Gasteiger partial charge in [-0.25, -0.2) is 9.18 Å². The number of anilines is 1. The van der Waals surface area contributed by atoms with Gasteiger partial charge in [0.1, 0.15) is 5.82 Å². The predicted octanol–water partition coefficient (Wildman–Crippen LogP) is 3.43. The zero-order valence-electron chi connectivity index (χ0n) is 17.3. The smallest absolute Gasteiger partial charge is 0.321 e. The number of benzene rings is 2. The normalized spacial score (nSPS) is 18.7. The number of hydrogen-bond donors (Lipinski definition) is 1. The Morgan fingerprint density at radius 1 is 1.16 bits per heavy atom. The summed E-state index contributed by atoms with van der Waals surface area (Å²) in [5, 5.41) is 6.76. The Kier molecular flexibility index (Phi) is 5.30. The number of nitrogens with one attached hydrogen (secondary N) is 1. The highest BCUT2D eigenvalue weighted by molar-refractivity contribution is 5.98. The second kappa shape index (κ2) is 8.41. The van der Waals surface area contributed by atoms with Crippen LogP contribution in [0, 0.1) is 5.82 Å². The van der Waals surface area contributed by atoms with Crippen molar-refractivity contribution in [3.8, 4) is 11.4 Å². The molecule has 3 amide bonds. The highest BCUT2D eigenvalue weighted by Crippen LogP contribution is 2.29. The summed E-state index contributed by atoms with van der Waals surface area (Å²) in [5.74, 6) is 0.233. The van der Waals surface area contributed by atoms with Crippen LogP contribution in [0.1, 0.15) is 35.0 Å². The summed E-state index contributed by atoms with van der Waals surface area (Å²) in [7, 11) is 0. The molecule has 8 nitrogen and oxygen atoms in total. The van der Waals surface area contributed by atoms with Gasteiger partial charge in [-0.2, -0.15) is 4.98 Å². The quantitative estimate of drug-likeness (QED) is 0.678. The van der Waals surface area contributed by atoms with Gasteiger partial charge in [-0.3, -0.25) is 9.69 Å². The lowest BCUT2D eigenvalue weighted by molar-refractivity contribution is 0.0695. The molecule has 1 unspecified atom stereocenters. The first-order valence-corrected chi connectivity index (χ1v) is 10.6. The fraction of sp³-hybridized carbons (Fsp3) is 0.304. The van der Waals surface area contributed by atoms with Gasteiger partial charge in [0.05, 0.1) is 5.92 Å². The van der Waals surface area contributed by atoms with Crippen LogP contribution in [0.25, 0.3) is 11.4 Å². The van der Waals surface area contributed by atoms with Crippen LogP contribution in [-0.4, -0.2) is 53.2 Å². The van der Waals surface area contributed by atoms with E-state index in [4.69, 9.17) is 4.52 Å². The van der Waals surface area contributed by atoms with E-state index < -0.39 is 0 Å². The summed E-state index contributed by atoms with van der Waals surface area (Å²) in [6, 6.07) is 13.0. The molecule has 0 spiro atoms. The zero-order valence-corrected chi connectivity index (χ0v) is 17.3. The SMILES string of the molecule is O=C(c1cccc(N2CCNC2=O)c1)N1CCCC(c2nc(-c3cccc(F)c3)no2)C1. The highest BCUT2D eigenvalue weighted by atomic mass is 19.1. The minimum Gasteiger partial charge on any atom is -0.339 e. The molecule has 2 aromatic carbocycles. The third-order valence-corrected chi connectivity index (χ3v) is 5.84. The lowest BCUT2D eigenvalue weighted by Gasteiger charge is -2.31. The van der Waals surface area contributed by atoms with Gasteiger partial charge in [0.15, 0.2) is 0 Å². The standard InChI is InChI=1S/C23H22FN5O3/c24-18-7-1-4-15(12-18)20-26-21(32-27-20)17-6-3-10-28(14-17)22(30)16-5-2-8-19(13-16)29-11-9-25-23(29)31/h1-2,4-5,7-8,12-13,17H,3,6,9-11,14H2,(H,25,31). The lowest BCUT2D eigenvalue weighted by Crippen LogP contribution is -2.39. The van der Waals surface area contributed by atoms with Crippen LogP contribution in [0.5, 0.6) is 0 Å². The van der Waals surface area contributed by atoms with E-state index in [0.29, 0.717) is 54.7 Å². The van der Waals surface area contributed by atoms with E-state index in [1.54, 1.807) is 40.1 Å². The Hall–Kier alpha value is -3.75. The Morgan fingerprint density at radius 3 is 2.84 bits per heavy atom. The molecular weight excluding hydrogens is 413 g/mol. The average Bonchev–Trinajstić information content (AvgIpc) is 3.48. The van der Waals surface area contributed by atoms with E-state index in [9.17, 15) is 14.0 Å². The fourth-order valence-corrected chi connectivity index (χ4v) is 4.22. The number of aromatic nitrogens is 2. The molecule has 2 aliphatic rings. The predicted molar refractivity (Wildman–Crippen MR) is 115 cm³/mol. The zero-order chi connectivity index (χ0) is 22.1. The largest absolute Gasteiger partial charge is 0.339 e. The Bertz CT molecular complexity index is 1160. The van der Waals surface area contributed by atoms with Gasteiger partial charge in [0, 0.05) is 43.0 Å². The molecule has 164 valence electrons. The molecule has 0 radical (unpaired) electrons. The molecule has 5 rings (SSSR count). The summed E-state index contributed by atoms with van der Waals surface area (Å²) >= 11 is 0. The number of urea groups is 1. The van der Waals surface area contributed by atoms with Gasteiger partial charge < -0.3 is 14.7 Å². The molecule has 2 saturated heterocycles. The van der Waals surface area contributed by atoms with Crippen molar-refractivity contribution in [3.05, 3.63) is 65.8 Å². The first-order chi connectivity index (χ1) is 15.6. The molecular formula is C23H22FN5O3. The molecule has 1 atom stereocenters. The molecule has 0 bridgehead atoms. The van der Waals surface area contributed by atoms with Crippen LogP contribution in [0.2, 0.25) is 0 Å². The summed E-state index contributed by atoms with van der Waals surface area (Å²) in [5.41, 5.74) is 1.79. The summed E-state index contributed by atoms with van der Waals surface area (Å²) in [6.45, 7) is 2.26. The minimum atomic E-state index is -0.364. The van der Waals surface area contributed by atoms with Gasteiger partial charge in [0.25, 0.3) is 5.91 Å². The molecule has 32 heavy (non-hydrogen) atoms. The average molecular weight is 435 g/mol. The number of likely N-dealkylation sites (tertiary alicyclic amines) is 1. The maximum atomic E-state index is 13.5. The second-order valence-corrected chi connectivity index (χ2v) is 7.99. The molecule has 3 heterocycles. The molecule has 1 N–H and O–H groups in total. The van der Waals surface area contributed by atoms with Gasteiger partial charge in [-0.15, -0.1) is 0 Å². The molecule has 2 fully saturated rings. The molecule has 1 aromatic heterocycles. The second-order valence-electron chi connectivity index (χ2n) is 7.99. The number of piperidine rings is 1. The van der Waals surface area contributed by atoms with Crippen LogP contribution in [0.4, 0.5) is 14.9 Å². The number of carbonyl (C=O) groups excluding carboxylic acids is 2. The van der Waals surface area contributed by atoms with Crippen molar-refractivity contribution in [2.45, 2.75) is 18.8 Å². The monoisotopic (exact) mass is 435 g/mol. The van der Waals surface area contributed by atoms with E-state index in [0.717, 1.165) is 12.8 Å². The topological polar surface area (TPSA) is 91.6 Å². The summed E-state index contributed by atoms with van der Waals surface area (Å²) in [4.78, 5) is 33.0. The summed E-state index contributed by atoms with van der Waals surface area (Å²) in [6.07, 6.45) is 1.63. The molecule has 2 aliphatic heterocycles. The Labute approximate surface area is 184 Å². The lowest BCUT2D eigenvalue weighted by atomic mass is 9.97. The van der Waals surface area contributed by atoms with Crippen LogP contribution in [-0.2, 0) is 0 Å². The fourth-order valence-electron chi connectivity index (χ4n) is 4.22. The van der Waals surface area contributed by atoms with Crippen molar-refractivity contribution in [2.75, 3.05) is 31.1 Å². The maximum absolute atomic E-state index is 13.5. The van der Waals surface area contributed by atoms with E-state index in [1.807, 2.05) is 6.07 Å². The van der Waals surface area contributed by atoms with Crippen molar-refractivity contribution in [1.82, 2.24) is 20.4 Å². The number of amides is 3. The van der Waals surface area contributed by atoms with Crippen molar-refractivity contribution in [2.24, 2.45) is 0 Å². The Morgan fingerprint density at radius 2 is 2.03 bits per heavy atom. The van der Waals surface area contributed by atoms with Crippen LogP contribution < -0.4 is 10.2 Å². The molecule has 0 aliphatic carbocycles. The number of halogens is 1. The molecule has 0 saturated carbocycles. The van der Waals surface area contributed by atoms with E-state index in [-0.39, 0.29) is 23.7 Å². The van der Waals surface area contributed by atoms with Gasteiger partial charge in [0.2, 0.25) is 11.7 Å². The van der Waals surface area contributed by atoms with Crippen molar-refractivity contribution in [1.29, 1.82) is 0 Å². The number of hydrogen-bond acceptors (Lipinski definition) is 5. The van der Waals surface area contributed by atoms with Crippen LogP contribution in [0.3, 0.4) is 0 Å².